The molecule has 3 rings (SSSR count). The molecular weight excluding hydrogens is 330 g/mol. The third kappa shape index (κ3) is 2.84. The summed E-state index contributed by atoms with van der Waals surface area (Å²) in [6.45, 7) is 0. The van der Waals surface area contributed by atoms with E-state index in [2.05, 4.69) is 15.1 Å². The Balaban J connectivity index is 2.22. The predicted octanol–water partition coefficient (Wildman–Crippen LogP) is 0.132. The Labute approximate surface area is 141 Å². The van der Waals surface area contributed by atoms with E-state index in [0.717, 1.165) is 9.25 Å². The molecule has 2 heterocycles. The van der Waals surface area contributed by atoms with Gasteiger partial charge in [-0.2, -0.15) is 14.6 Å². The van der Waals surface area contributed by atoms with E-state index in [1.807, 2.05) is 0 Å². The summed E-state index contributed by atoms with van der Waals surface area (Å²) in [5, 5.41) is 2.40. The second kappa shape index (κ2) is 6.51. The van der Waals surface area contributed by atoms with Crippen molar-refractivity contribution in [1.82, 2.24) is 24.3 Å². The minimum absolute atomic E-state index is 0.0908. The quantitative estimate of drug-likeness (QED) is 0.699. The van der Waals surface area contributed by atoms with E-state index in [1.165, 1.54) is 27.4 Å². The normalized spacial score (nSPS) is 10.5. The molecule has 0 aliphatic heterocycles. The van der Waals surface area contributed by atoms with Crippen LogP contribution in [-0.4, -0.2) is 45.6 Å². The fourth-order valence-corrected chi connectivity index (χ4v) is 2.24. The van der Waals surface area contributed by atoms with Crippen LogP contribution in [0.25, 0.3) is 11.6 Å². The maximum Gasteiger partial charge on any atom is 0.359 e. The van der Waals surface area contributed by atoms with Crippen molar-refractivity contribution in [2.75, 3.05) is 21.3 Å². The summed E-state index contributed by atoms with van der Waals surface area (Å²) < 4.78 is 17.1. The zero-order valence-corrected chi connectivity index (χ0v) is 13.7. The number of aromatic amines is 1. The van der Waals surface area contributed by atoms with Gasteiger partial charge in [-0.25, -0.2) is 19.3 Å². The number of nitrogens with zero attached hydrogens (tertiary/aromatic N) is 4. The summed E-state index contributed by atoms with van der Waals surface area (Å²) in [4.78, 5) is 33.2. The van der Waals surface area contributed by atoms with Crippen molar-refractivity contribution >= 4 is 0 Å². The number of aromatic nitrogens is 5. The molecule has 0 saturated carbocycles. The number of H-pyrrole nitrogens is 1. The van der Waals surface area contributed by atoms with E-state index < -0.39 is 11.4 Å². The lowest BCUT2D eigenvalue weighted by molar-refractivity contribution is 0.369. The van der Waals surface area contributed by atoms with E-state index in [-0.39, 0.29) is 17.7 Å². The smallest absolute Gasteiger partial charge is 0.359 e. The number of hydrogen-bond donors (Lipinski definition) is 1. The molecule has 0 atom stereocenters. The molecule has 0 aliphatic carbocycles. The SMILES string of the molecule is COc1cc(OC)nc(-n2[nH]c(=O)n(-c3ccccc3OC)c2=O)n1. The van der Waals surface area contributed by atoms with E-state index in [0.29, 0.717) is 11.4 Å². The predicted molar refractivity (Wildman–Crippen MR) is 87.2 cm³/mol. The molecule has 0 spiro atoms. The molecule has 0 radical (unpaired) electrons. The number of hydrogen-bond acceptors (Lipinski definition) is 7. The first-order valence-corrected chi connectivity index (χ1v) is 7.14. The van der Waals surface area contributed by atoms with Gasteiger partial charge in [-0.15, -0.1) is 0 Å². The Kier molecular flexibility index (Phi) is 4.25. The molecule has 0 amide bonds. The zero-order chi connectivity index (χ0) is 18.0. The Hall–Kier alpha value is -3.56. The van der Waals surface area contributed by atoms with E-state index in [9.17, 15) is 9.59 Å². The molecule has 0 fully saturated rings. The maximum absolute atomic E-state index is 12.7. The average molecular weight is 345 g/mol. The second-order valence-electron chi connectivity index (χ2n) is 4.79. The van der Waals surface area contributed by atoms with Crippen LogP contribution in [-0.2, 0) is 0 Å². The van der Waals surface area contributed by atoms with Crippen molar-refractivity contribution in [3.63, 3.8) is 0 Å². The highest BCUT2D eigenvalue weighted by atomic mass is 16.5. The van der Waals surface area contributed by atoms with Crippen LogP contribution in [0.3, 0.4) is 0 Å². The topological polar surface area (TPSA) is 113 Å². The molecule has 10 nitrogen and oxygen atoms in total. The molecular formula is C15H15N5O5. The lowest BCUT2D eigenvalue weighted by Crippen LogP contribution is -2.27. The summed E-state index contributed by atoms with van der Waals surface area (Å²) in [7, 11) is 4.28. The van der Waals surface area contributed by atoms with E-state index in [4.69, 9.17) is 14.2 Å². The van der Waals surface area contributed by atoms with Crippen molar-refractivity contribution < 1.29 is 14.2 Å². The molecule has 2 aromatic heterocycles. The number of para-hydroxylation sites is 2. The third-order valence-corrected chi connectivity index (χ3v) is 3.40. The molecule has 25 heavy (non-hydrogen) atoms. The molecule has 0 aliphatic rings. The highest BCUT2D eigenvalue weighted by Crippen LogP contribution is 2.19. The van der Waals surface area contributed by atoms with Crippen LogP contribution in [0.5, 0.6) is 17.5 Å². The van der Waals surface area contributed by atoms with Gasteiger partial charge in [0.05, 0.1) is 33.1 Å². The molecule has 3 aromatic rings. The van der Waals surface area contributed by atoms with Gasteiger partial charge >= 0.3 is 11.4 Å². The van der Waals surface area contributed by atoms with Crippen LogP contribution >= 0.6 is 0 Å². The minimum Gasteiger partial charge on any atom is -0.495 e. The van der Waals surface area contributed by atoms with Gasteiger partial charge in [0.1, 0.15) is 5.75 Å². The first-order chi connectivity index (χ1) is 12.1. The molecule has 10 heteroatoms. The summed E-state index contributed by atoms with van der Waals surface area (Å²) in [6, 6.07) is 8.10. The summed E-state index contributed by atoms with van der Waals surface area (Å²) in [5.41, 5.74) is -1.06. The Morgan fingerprint density at radius 3 is 2.20 bits per heavy atom. The Bertz CT molecular complexity index is 997. The van der Waals surface area contributed by atoms with Crippen LogP contribution < -0.4 is 25.6 Å². The van der Waals surface area contributed by atoms with Gasteiger partial charge in [-0.3, -0.25) is 0 Å². The number of ether oxygens (including phenoxy) is 3. The molecule has 0 bridgehead atoms. The van der Waals surface area contributed by atoms with Gasteiger partial charge in [0.2, 0.25) is 11.8 Å². The van der Waals surface area contributed by atoms with Crippen molar-refractivity contribution in [1.29, 1.82) is 0 Å². The largest absolute Gasteiger partial charge is 0.495 e. The number of nitrogens with one attached hydrogen (secondary N) is 1. The minimum atomic E-state index is -0.690. The summed E-state index contributed by atoms with van der Waals surface area (Å²) in [6.07, 6.45) is 0. The lowest BCUT2D eigenvalue weighted by atomic mass is 10.3. The molecule has 1 N–H and O–H groups in total. The van der Waals surface area contributed by atoms with E-state index in [1.54, 1.807) is 24.3 Å². The fraction of sp³-hybridized carbons (Fsp3) is 0.200. The van der Waals surface area contributed by atoms with Gasteiger partial charge in [0.25, 0.3) is 5.95 Å². The van der Waals surface area contributed by atoms with Crippen molar-refractivity contribution in [3.05, 3.63) is 51.3 Å². The first-order valence-electron chi connectivity index (χ1n) is 7.14. The van der Waals surface area contributed by atoms with Crippen molar-refractivity contribution in [3.8, 4) is 29.1 Å². The zero-order valence-electron chi connectivity index (χ0n) is 13.7. The monoisotopic (exact) mass is 345 g/mol. The molecule has 0 saturated heterocycles. The number of rotatable bonds is 5. The molecule has 130 valence electrons. The molecule has 0 unspecified atom stereocenters. The standard InChI is InChI=1S/C15H15N5O5/c1-23-10-7-5-4-6-9(10)19-14(21)18-20(15(19)22)13-16-11(24-2)8-12(17-13)25-3/h4-8H,1-3H3,(H,18,21). The highest BCUT2D eigenvalue weighted by Gasteiger charge is 2.18. The third-order valence-electron chi connectivity index (χ3n) is 3.40. The number of methoxy groups -OCH3 is 3. The van der Waals surface area contributed by atoms with Crippen molar-refractivity contribution in [2.45, 2.75) is 0 Å². The first kappa shape index (κ1) is 16.3. The van der Waals surface area contributed by atoms with Gasteiger partial charge in [0, 0.05) is 0 Å². The van der Waals surface area contributed by atoms with Crippen LogP contribution in [0.15, 0.2) is 39.9 Å². The average Bonchev–Trinajstić information content (AvgIpc) is 2.95. The van der Waals surface area contributed by atoms with E-state index >= 15 is 0 Å². The highest BCUT2D eigenvalue weighted by molar-refractivity contribution is 5.46. The van der Waals surface area contributed by atoms with Crippen molar-refractivity contribution in [2.24, 2.45) is 0 Å². The maximum atomic E-state index is 12.7. The van der Waals surface area contributed by atoms with Crippen LogP contribution in [0.4, 0.5) is 0 Å². The summed E-state index contributed by atoms with van der Waals surface area (Å²) in [5.74, 6) is 0.642. The van der Waals surface area contributed by atoms with Gasteiger partial charge < -0.3 is 14.2 Å². The Morgan fingerprint density at radius 1 is 0.960 bits per heavy atom. The van der Waals surface area contributed by atoms with Crippen LogP contribution in [0, 0.1) is 0 Å². The van der Waals surface area contributed by atoms with Gasteiger partial charge in [0.15, 0.2) is 0 Å². The van der Waals surface area contributed by atoms with Crippen LogP contribution in [0.1, 0.15) is 0 Å². The lowest BCUT2D eigenvalue weighted by Gasteiger charge is -2.07. The Morgan fingerprint density at radius 2 is 1.60 bits per heavy atom. The van der Waals surface area contributed by atoms with Crippen LogP contribution in [0.2, 0.25) is 0 Å². The fourth-order valence-electron chi connectivity index (χ4n) is 2.24. The van der Waals surface area contributed by atoms with Gasteiger partial charge in [-0.05, 0) is 12.1 Å². The summed E-state index contributed by atoms with van der Waals surface area (Å²) >= 11 is 0. The second-order valence-corrected chi connectivity index (χ2v) is 4.79. The number of benzene rings is 1. The van der Waals surface area contributed by atoms with Gasteiger partial charge in [-0.1, -0.05) is 12.1 Å². The molecule has 1 aromatic carbocycles.